The molecule has 0 aliphatic heterocycles. The van der Waals surface area contributed by atoms with Crippen LogP contribution in [0.15, 0.2) is 36.4 Å². The lowest BCUT2D eigenvalue weighted by Crippen LogP contribution is -2.08. The van der Waals surface area contributed by atoms with E-state index in [1.54, 1.807) is 20.3 Å². The first-order chi connectivity index (χ1) is 10.1. The first-order valence-corrected chi connectivity index (χ1v) is 7.06. The predicted molar refractivity (Wildman–Crippen MR) is 85.0 cm³/mol. The Morgan fingerprint density at radius 3 is 2.71 bits per heavy atom. The van der Waals surface area contributed by atoms with E-state index < -0.39 is 0 Å². The van der Waals surface area contributed by atoms with Gasteiger partial charge in [0.2, 0.25) is 0 Å². The van der Waals surface area contributed by atoms with Crippen LogP contribution in [-0.4, -0.2) is 19.2 Å². The molecule has 0 aliphatic carbocycles. The Labute approximate surface area is 130 Å². The number of rotatable bonds is 6. The van der Waals surface area contributed by atoms with E-state index in [0.717, 1.165) is 22.7 Å². The van der Waals surface area contributed by atoms with Crippen molar-refractivity contribution in [3.05, 3.63) is 52.7 Å². The predicted octanol–water partition coefficient (Wildman–Crippen LogP) is 4.06. The van der Waals surface area contributed by atoms with Crippen molar-refractivity contribution < 1.29 is 9.47 Å². The number of nitrogens with zero attached hydrogens (tertiary/aromatic N) is 1. The number of ether oxygens (including phenoxy) is 2. The summed E-state index contributed by atoms with van der Waals surface area (Å²) in [5.74, 6) is 1.58. The molecule has 0 saturated carbocycles. The van der Waals surface area contributed by atoms with Gasteiger partial charge in [-0.25, -0.2) is 4.98 Å². The monoisotopic (exact) mass is 306 g/mol. The molecule has 112 valence electrons. The van der Waals surface area contributed by atoms with Crippen molar-refractivity contribution in [2.45, 2.75) is 19.6 Å². The zero-order valence-corrected chi connectivity index (χ0v) is 13.1. The second-order valence-corrected chi connectivity index (χ2v) is 5.10. The highest BCUT2D eigenvalue weighted by molar-refractivity contribution is 6.29. The Morgan fingerprint density at radius 2 is 2.05 bits per heavy atom. The van der Waals surface area contributed by atoms with E-state index in [4.69, 9.17) is 21.1 Å². The minimum Gasteiger partial charge on any atom is -0.496 e. The fraction of sp³-hybridized carbons (Fsp3) is 0.312. The molecule has 1 heterocycles. The number of nitrogens with one attached hydrogen (secondary N) is 1. The maximum atomic E-state index is 5.90. The Balaban J connectivity index is 2.18. The molecule has 0 saturated heterocycles. The van der Waals surface area contributed by atoms with Gasteiger partial charge >= 0.3 is 0 Å². The van der Waals surface area contributed by atoms with Crippen LogP contribution >= 0.6 is 11.6 Å². The second kappa shape index (κ2) is 7.29. The normalized spacial score (nSPS) is 12.0. The van der Waals surface area contributed by atoms with Gasteiger partial charge in [0.1, 0.15) is 16.7 Å². The van der Waals surface area contributed by atoms with Crippen LogP contribution in [0.3, 0.4) is 0 Å². The van der Waals surface area contributed by atoms with Gasteiger partial charge in [-0.2, -0.15) is 0 Å². The van der Waals surface area contributed by atoms with Crippen LogP contribution in [0.2, 0.25) is 5.15 Å². The molecule has 2 rings (SSSR count). The summed E-state index contributed by atoms with van der Waals surface area (Å²) in [6.45, 7) is 2.58. The average molecular weight is 307 g/mol. The Morgan fingerprint density at radius 1 is 1.24 bits per heavy atom. The smallest absolute Gasteiger partial charge is 0.131 e. The van der Waals surface area contributed by atoms with Crippen molar-refractivity contribution in [2.24, 2.45) is 0 Å². The summed E-state index contributed by atoms with van der Waals surface area (Å²) < 4.78 is 10.5. The molecule has 21 heavy (non-hydrogen) atoms. The van der Waals surface area contributed by atoms with Crippen molar-refractivity contribution >= 4 is 17.4 Å². The van der Waals surface area contributed by atoms with Crippen molar-refractivity contribution in [1.82, 2.24) is 4.98 Å². The van der Waals surface area contributed by atoms with Gasteiger partial charge in [-0.15, -0.1) is 0 Å². The van der Waals surface area contributed by atoms with Crippen molar-refractivity contribution in [3.8, 4) is 5.75 Å². The third kappa shape index (κ3) is 4.09. The number of benzene rings is 1. The van der Waals surface area contributed by atoms with Gasteiger partial charge in [-0.05, 0) is 36.8 Å². The summed E-state index contributed by atoms with van der Waals surface area (Å²) in [4.78, 5) is 4.24. The zero-order valence-electron chi connectivity index (χ0n) is 12.4. The van der Waals surface area contributed by atoms with Gasteiger partial charge in [0.25, 0.3) is 0 Å². The Bertz CT molecular complexity index is 605. The fourth-order valence-corrected chi connectivity index (χ4v) is 2.29. The highest BCUT2D eigenvalue weighted by Gasteiger charge is 2.10. The lowest BCUT2D eigenvalue weighted by atomic mass is 10.0. The molecule has 0 aliphatic rings. The quantitative estimate of drug-likeness (QED) is 0.817. The van der Waals surface area contributed by atoms with Crippen LogP contribution in [0.25, 0.3) is 0 Å². The lowest BCUT2D eigenvalue weighted by Gasteiger charge is -2.17. The van der Waals surface area contributed by atoms with Crippen LogP contribution in [0.1, 0.15) is 24.1 Å². The zero-order chi connectivity index (χ0) is 15.2. The molecule has 0 amide bonds. The maximum Gasteiger partial charge on any atom is 0.131 e. The van der Waals surface area contributed by atoms with Crippen LogP contribution in [0, 0.1) is 0 Å². The Hall–Kier alpha value is -1.78. The van der Waals surface area contributed by atoms with Crippen LogP contribution in [0.4, 0.5) is 5.82 Å². The van der Waals surface area contributed by atoms with E-state index >= 15 is 0 Å². The number of methoxy groups -OCH3 is 2. The standard InChI is InChI=1S/C16H19ClN2O2/c1-11(18-16-6-4-5-15(17)19-16)12-7-8-14(21-3)13(9-12)10-20-2/h4-9,11H,10H2,1-3H3,(H,18,19). The number of halogens is 1. The van der Waals surface area contributed by atoms with Crippen LogP contribution in [0.5, 0.6) is 5.75 Å². The van der Waals surface area contributed by atoms with Crippen LogP contribution < -0.4 is 10.1 Å². The number of hydrogen-bond acceptors (Lipinski definition) is 4. The average Bonchev–Trinajstić information content (AvgIpc) is 2.47. The van der Waals surface area contributed by atoms with E-state index in [1.807, 2.05) is 24.3 Å². The molecule has 1 unspecified atom stereocenters. The SMILES string of the molecule is COCc1cc(C(C)Nc2cccc(Cl)n2)ccc1OC. The summed E-state index contributed by atoms with van der Waals surface area (Å²) in [5, 5.41) is 3.80. The highest BCUT2D eigenvalue weighted by atomic mass is 35.5. The molecule has 4 nitrogen and oxygen atoms in total. The molecule has 0 bridgehead atoms. The van der Waals surface area contributed by atoms with Gasteiger partial charge in [0.05, 0.1) is 13.7 Å². The van der Waals surface area contributed by atoms with Crippen molar-refractivity contribution in [3.63, 3.8) is 0 Å². The van der Waals surface area contributed by atoms with Crippen LogP contribution in [-0.2, 0) is 11.3 Å². The van der Waals surface area contributed by atoms with Gasteiger partial charge < -0.3 is 14.8 Å². The number of anilines is 1. The summed E-state index contributed by atoms with van der Waals surface area (Å²) in [5.41, 5.74) is 2.15. The summed E-state index contributed by atoms with van der Waals surface area (Å²) in [6.07, 6.45) is 0. The number of pyridine rings is 1. The molecule has 5 heteroatoms. The van der Waals surface area contributed by atoms with Gasteiger partial charge in [-0.3, -0.25) is 0 Å². The van der Waals surface area contributed by atoms with Gasteiger partial charge in [0, 0.05) is 18.7 Å². The molecular formula is C16H19ClN2O2. The molecule has 0 fully saturated rings. The molecule has 1 N–H and O–H groups in total. The minimum atomic E-state index is 0.0949. The maximum absolute atomic E-state index is 5.90. The summed E-state index contributed by atoms with van der Waals surface area (Å²) in [7, 11) is 3.33. The summed E-state index contributed by atoms with van der Waals surface area (Å²) in [6, 6.07) is 11.7. The van der Waals surface area contributed by atoms with Gasteiger partial charge in [-0.1, -0.05) is 23.7 Å². The second-order valence-electron chi connectivity index (χ2n) is 4.72. The number of hydrogen-bond donors (Lipinski definition) is 1. The van der Waals surface area contributed by atoms with E-state index in [2.05, 4.69) is 23.3 Å². The first kappa shape index (κ1) is 15.6. The van der Waals surface area contributed by atoms with E-state index in [0.29, 0.717) is 11.8 Å². The fourth-order valence-electron chi connectivity index (χ4n) is 2.13. The first-order valence-electron chi connectivity index (χ1n) is 6.69. The minimum absolute atomic E-state index is 0.0949. The molecular weight excluding hydrogens is 288 g/mol. The summed E-state index contributed by atoms with van der Waals surface area (Å²) >= 11 is 5.90. The molecule has 0 spiro atoms. The topological polar surface area (TPSA) is 43.4 Å². The molecule has 1 aromatic carbocycles. The van der Waals surface area contributed by atoms with Crippen molar-refractivity contribution in [1.29, 1.82) is 0 Å². The van der Waals surface area contributed by atoms with E-state index in [9.17, 15) is 0 Å². The number of aromatic nitrogens is 1. The molecule has 1 aromatic heterocycles. The van der Waals surface area contributed by atoms with E-state index in [-0.39, 0.29) is 6.04 Å². The lowest BCUT2D eigenvalue weighted by molar-refractivity contribution is 0.181. The van der Waals surface area contributed by atoms with Gasteiger partial charge in [0.15, 0.2) is 0 Å². The molecule has 1 atom stereocenters. The third-order valence-corrected chi connectivity index (χ3v) is 3.39. The molecule has 0 radical (unpaired) electrons. The highest BCUT2D eigenvalue weighted by Crippen LogP contribution is 2.26. The van der Waals surface area contributed by atoms with E-state index in [1.165, 1.54) is 0 Å². The Kier molecular flexibility index (Phi) is 5.42. The third-order valence-electron chi connectivity index (χ3n) is 3.18. The van der Waals surface area contributed by atoms with Crippen molar-refractivity contribution in [2.75, 3.05) is 19.5 Å². The molecule has 2 aromatic rings. The largest absolute Gasteiger partial charge is 0.496 e.